The fraction of sp³-hybridized carbons (Fsp3) is 0.786. The number of methoxy groups -OCH3 is 1. The molecule has 2 N–H and O–H groups in total. The number of nitrogen functional groups attached to an aromatic ring is 1. The van der Waals surface area contributed by atoms with Crippen LogP contribution >= 0.6 is 0 Å². The maximum atomic E-state index is 6.29. The van der Waals surface area contributed by atoms with Crippen LogP contribution in [0.15, 0.2) is 0 Å². The van der Waals surface area contributed by atoms with Gasteiger partial charge in [0.1, 0.15) is 0 Å². The molecule has 5 nitrogen and oxygen atoms in total. The molecule has 0 aromatic carbocycles. The Morgan fingerprint density at radius 3 is 2.63 bits per heavy atom. The molecule has 19 heavy (non-hydrogen) atoms. The monoisotopic (exact) mass is 268 g/mol. The molecule has 0 saturated heterocycles. The topological polar surface area (TPSA) is 56.3 Å². The van der Waals surface area contributed by atoms with Crippen molar-refractivity contribution < 1.29 is 4.74 Å². The van der Waals surface area contributed by atoms with E-state index in [0.717, 1.165) is 43.0 Å². The van der Waals surface area contributed by atoms with E-state index in [1.165, 1.54) is 0 Å². The third kappa shape index (κ3) is 3.62. The summed E-state index contributed by atoms with van der Waals surface area (Å²) in [5.74, 6) is 1.02. The third-order valence-electron chi connectivity index (χ3n) is 3.55. The summed E-state index contributed by atoms with van der Waals surface area (Å²) in [6, 6.07) is 0.419. The SMILES string of the molecule is CCCc1nn(C)c(N(CCOC)C(C)CC)c1N. The highest BCUT2D eigenvalue weighted by Crippen LogP contribution is 2.29. The first kappa shape index (κ1) is 15.8. The van der Waals surface area contributed by atoms with Crippen molar-refractivity contribution in [1.29, 1.82) is 0 Å². The van der Waals surface area contributed by atoms with E-state index in [4.69, 9.17) is 10.5 Å². The molecule has 1 aromatic rings. The molecule has 0 saturated carbocycles. The lowest BCUT2D eigenvalue weighted by molar-refractivity contribution is 0.203. The molecule has 0 aliphatic heterocycles. The van der Waals surface area contributed by atoms with Crippen LogP contribution in [0.5, 0.6) is 0 Å². The Balaban J connectivity index is 3.06. The summed E-state index contributed by atoms with van der Waals surface area (Å²) in [7, 11) is 3.69. The van der Waals surface area contributed by atoms with Gasteiger partial charge in [-0.1, -0.05) is 20.3 Å². The van der Waals surface area contributed by atoms with E-state index in [1.807, 2.05) is 11.7 Å². The van der Waals surface area contributed by atoms with E-state index >= 15 is 0 Å². The average molecular weight is 268 g/mol. The number of aryl methyl sites for hydroxylation is 2. The first-order valence-corrected chi connectivity index (χ1v) is 7.13. The minimum atomic E-state index is 0.419. The quantitative estimate of drug-likeness (QED) is 0.785. The van der Waals surface area contributed by atoms with Crippen LogP contribution in [-0.4, -0.2) is 36.1 Å². The second kappa shape index (κ2) is 7.38. The van der Waals surface area contributed by atoms with Gasteiger partial charge in [-0.2, -0.15) is 5.10 Å². The normalized spacial score (nSPS) is 12.7. The van der Waals surface area contributed by atoms with Crippen LogP contribution in [0.3, 0.4) is 0 Å². The van der Waals surface area contributed by atoms with Crippen molar-refractivity contribution in [3.63, 3.8) is 0 Å². The zero-order chi connectivity index (χ0) is 14.4. The van der Waals surface area contributed by atoms with E-state index < -0.39 is 0 Å². The molecule has 0 amide bonds. The minimum absolute atomic E-state index is 0.419. The van der Waals surface area contributed by atoms with Gasteiger partial charge < -0.3 is 15.4 Å². The minimum Gasteiger partial charge on any atom is -0.394 e. The highest BCUT2D eigenvalue weighted by molar-refractivity contribution is 5.67. The van der Waals surface area contributed by atoms with Crippen molar-refractivity contribution in [2.24, 2.45) is 7.05 Å². The third-order valence-corrected chi connectivity index (χ3v) is 3.55. The highest BCUT2D eigenvalue weighted by Gasteiger charge is 2.22. The molecular weight excluding hydrogens is 240 g/mol. The van der Waals surface area contributed by atoms with Crippen LogP contribution in [0.25, 0.3) is 0 Å². The van der Waals surface area contributed by atoms with Crippen molar-refractivity contribution in [1.82, 2.24) is 9.78 Å². The van der Waals surface area contributed by atoms with Gasteiger partial charge >= 0.3 is 0 Å². The van der Waals surface area contributed by atoms with E-state index in [0.29, 0.717) is 12.6 Å². The summed E-state index contributed by atoms with van der Waals surface area (Å²) < 4.78 is 7.12. The number of hydrogen-bond acceptors (Lipinski definition) is 4. The summed E-state index contributed by atoms with van der Waals surface area (Å²) in [6.45, 7) is 8.07. The van der Waals surface area contributed by atoms with Gasteiger partial charge in [0, 0.05) is 26.7 Å². The fourth-order valence-corrected chi connectivity index (χ4v) is 2.29. The van der Waals surface area contributed by atoms with Crippen molar-refractivity contribution >= 4 is 11.5 Å². The van der Waals surface area contributed by atoms with Crippen LogP contribution in [0.2, 0.25) is 0 Å². The zero-order valence-electron chi connectivity index (χ0n) is 12.9. The largest absolute Gasteiger partial charge is 0.394 e. The average Bonchev–Trinajstić information content (AvgIpc) is 2.66. The van der Waals surface area contributed by atoms with Crippen LogP contribution in [-0.2, 0) is 18.2 Å². The second-order valence-electron chi connectivity index (χ2n) is 5.00. The number of rotatable bonds is 8. The summed E-state index contributed by atoms with van der Waals surface area (Å²) in [6.07, 6.45) is 3.05. The molecular formula is C14H28N4O. The van der Waals surface area contributed by atoms with Gasteiger partial charge in [0.15, 0.2) is 5.82 Å². The summed E-state index contributed by atoms with van der Waals surface area (Å²) >= 11 is 0. The molecule has 5 heteroatoms. The van der Waals surface area contributed by atoms with Gasteiger partial charge in [-0.15, -0.1) is 0 Å². The molecule has 0 bridgehead atoms. The van der Waals surface area contributed by atoms with Crippen molar-refractivity contribution in [3.8, 4) is 0 Å². The lowest BCUT2D eigenvalue weighted by Gasteiger charge is -2.30. The molecule has 1 unspecified atom stereocenters. The lowest BCUT2D eigenvalue weighted by Crippen LogP contribution is -2.37. The van der Waals surface area contributed by atoms with Crippen molar-refractivity contribution in [3.05, 3.63) is 5.69 Å². The molecule has 0 aliphatic rings. The van der Waals surface area contributed by atoms with Gasteiger partial charge in [-0.25, -0.2) is 0 Å². The molecule has 110 valence electrons. The Labute approximate surface area is 116 Å². The predicted molar refractivity (Wildman–Crippen MR) is 80.6 cm³/mol. The maximum Gasteiger partial charge on any atom is 0.150 e. The number of nitrogens with zero attached hydrogens (tertiary/aromatic N) is 3. The van der Waals surface area contributed by atoms with Gasteiger partial charge in [0.2, 0.25) is 0 Å². The summed E-state index contributed by atoms with van der Waals surface area (Å²) in [4.78, 5) is 2.30. The van der Waals surface area contributed by atoms with Crippen LogP contribution < -0.4 is 10.6 Å². The van der Waals surface area contributed by atoms with E-state index in [9.17, 15) is 0 Å². The number of aromatic nitrogens is 2. The smallest absolute Gasteiger partial charge is 0.150 e. The molecule has 0 spiro atoms. The number of anilines is 2. The first-order valence-electron chi connectivity index (χ1n) is 7.13. The Kier molecular flexibility index (Phi) is 6.15. The Morgan fingerprint density at radius 2 is 2.11 bits per heavy atom. The summed E-state index contributed by atoms with van der Waals surface area (Å²) in [5, 5.41) is 4.55. The molecule has 0 aliphatic carbocycles. The maximum absolute atomic E-state index is 6.29. The second-order valence-corrected chi connectivity index (χ2v) is 5.00. The Morgan fingerprint density at radius 1 is 1.42 bits per heavy atom. The van der Waals surface area contributed by atoms with Gasteiger partial charge in [0.25, 0.3) is 0 Å². The molecule has 0 radical (unpaired) electrons. The van der Waals surface area contributed by atoms with Crippen molar-refractivity contribution in [2.45, 2.75) is 46.1 Å². The predicted octanol–water partition coefficient (Wildman–Crippen LogP) is 2.21. The van der Waals surface area contributed by atoms with Gasteiger partial charge in [-0.3, -0.25) is 4.68 Å². The summed E-state index contributed by atoms with van der Waals surface area (Å²) in [5.41, 5.74) is 8.11. The molecule has 1 rings (SSSR count). The van der Waals surface area contributed by atoms with E-state index in [1.54, 1.807) is 7.11 Å². The number of hydrogen-bond donors (Lipinski definition) is 1. The fourth-order valence-electron chi connectivity index (χ4n) is 2.29. The molecule has 1 aromatic heterocycles. The Bertz CT molecular complexity index is 389. The highest BCUT2D eigenvalue weighted by atomic mass is 16.5. The standard InChI is InChI=1S/C14H28N4O/c1-6-8-12-13(15)14(17(4)16-12)18(9-10-19-5)11(3)7-2/h11H,6-10,15H2,1-5H3. The number of ether oxygens (including phenoxy) is 1. The van der Waals surface area contributed by atoms with Crippen molar-refractivity contribution in [2.75, 3.05) is 30.9 Å². The van der Waals surface area contributed by atoms with Crippen LogP contribution in [0.1, 0.15) is 39.3 Å². The lowest BCUT2D eigenvalue weighted by atomic mass is 10.2. The Hall–Kier alpha value is -1.23. The van der Waals surface area contributed by atoms with E-state index in [-0.39, 0.29) is 0 Å². The zero-order valence-corrected chi connectivity index (χ0v) is 12.9. The molecule has 1 heterocycles. The molecule has 0 fully saturated rings. The van der Waals surface area contributed by atoms with E-state index in [2.05, 4.69) is 30.8 Å². The van der Waals surface area contributed by atoms with Gasteiger partial charge in [-0.05, 0) is 19.8 Å². The van der Waals surface area contributed by atoms with Crippen LogP contribution in [0, 0.1) is 0 Å². The first-order chi connectivity index (χ1) is 9.06. The number of nitrogens with two attached hydrogens (primary N) is 1. The molecule has 1 atom stereocenters. The van der Waals surface area contributed by atoms with Crippen LogP contribution in [0.4, 0.5) is 11.5 Å². The van der Waals surface area contributed by atoms with Gasteiger partial charge in [0.05, 0.1) is 18.0 Å².